The van der Waals surface area contributed by atoms with Gasteiger partial charge >= 0.3 is 6.03 Å². The van der Waals surface area contributed by atoms with E-state index in [1.165, 1.54) is 11.3 Å². The zero-order valence-corrected chi connectivity index (χ0v) is 14.0. The maximum absolute atomic E-state index is 12.4. The van der Waals surface area contributed by atoms with Crippen molar-refractivity contribution in [2.24, 2.45) is 0 Å². The van der Waals surface area contributed by atoms with Gasteiger partial charge in [0.05, 0.1) is 0 Å². The Hall–Kier alpha value is -2.63. The fraction of sp³-hybridized carbons (Fsp3) is 0.389. The number of anilines is 1. The van der Waals surface area contributed by atoms with Crippen molar-refractivity contribution in [3.8, 4) is 0 Å². The summed E-state index contributed by atoms with van der Waals surface area (Å²) >= 11 is 0. The van der Waals surface area contributed by atoms with E-state index in [0.29, 0.717) is 6.54 Å². The molecule has 0 aromatic carbocycles. The molecule has 2 aromatic rings. The summed E-state index contributed by atoms with van der Waals surface area (Å²) in [6, 6.07) is 5.88. The molecular weight excluding hydrogens is 302 g/mol. The van der Waals surface area contributed by atoms with Crippen LogP contribution in [0.3, 0.4) is 0 Å². The Bertz CT molecular complexity index is 676. The molecular formula is C18H23N5O. The Balaban J connectivity index is 1.55. The number of aryl methyl sites for hydroxylation is 1. The fourth-order valence-electron chi connectivity index (χ4n) is 2.97. The highest BCUT2D eigenvalue weighted by molar-refractivity contribution is 5.74. The van der Waals surface area contributed by atoms with E-state index in [1.807, 2.05) is 35.5 Å². The highest BCUT2D eigenvalue weighted by Gasteiger charge is 2.19. The molecule has 2 aromatic heterocycles. The Labute approximate surface area is 142 Å². The topological polar surface area (TPSA) is 61.4 Å². The smallest absolute Gasteiger partial charge is 0.317 e. The predicted octanol–water partition coefficient (Wildman–Crippen LogP) is 2.21. The molecule has 1 aliphatic rings. The lowest BCUT2D eigenvalue weighted by molar-refractivity contribution is 0.201. The minimum atomic E-state index is -0.00727. The lowest BCUT2D eigenvalue weighted by atomic mass is 10.2. The summed E-state index contributed by atoms with van der Waals surface area (Å²) in [7, 11) is 0. The average molecular weight is 325 g/mol. The number of pyridine rings is 2. The van der Waals surface area contributed by atoms with Crippen molar-refractivity contribution in [3.63, 3.8) is 0 Å². The van der Waals surface area contributed by atoms with Crippen molar-refractivity contribution in [1.82, 2.24) is 20.2 Å². The van der Waals surface area contributed by atoms with Gasteiger partial charge in [-0.1, -0.05) is 6.07 Å². The summed E-state index contributed by atoms with van der Waals surface area (Å²) in [6.07, 6.45) is 8.18. The van der Waals surface area contributed by atoms with Crippen molar-refractivity contribution >= 4 is 11.7 Å². The third-order valence-electron chi connectivity index (χ3n) is 4.28. The van der Waals surface area contributed by atoms with E-state index in [-0.39, 0.29) is 6.03 Å². The number of nitrogens with one attached hydrogen (secondary N) is 1. The zero-order valence-electron chi connectivity index (χ0n) is 14.0. The van der Waals surface area contributed by atoms with Gasteiger partial charge in [0.15, 0.2) is 0 Å². The van der Waals surface area contributed by atoms with Crippen LogP contribution in [-0.2, 0) is 6.54 Å². The quantitative estimate of drug-likeness (QED) is 0.940. The molecule has 6 nitrogen and oxygen atoms in total. The summed E-state index contributed by atoms with van der Waals surface area (Å²) < 4.78 is 0. The van der Waals surface area contributed by atoms with E-state index >= 15 is 0 Å². The summed E-state index contributed by atoms with van der Waals surface area (Å²) in [5, 5.41) is 2.98. The van der Waals surface area contributed by atoms with Crippen LogP contribution >= 0.6 is 0 Å². The molecule has 1 fully saturated rings. The Morgan fingerprint density at radius 3 is 2.79 bits per heavy atom. The first-order valence-electron chi connectivity index (χ1n) is 8.31. The first-order chi connectivity index (χ1) is 11.7. The maximum Gasteiger partial charge on any atom is 0.317 e. The molecule has 24 heavy (non-hydrogen) atoms. The van der Waals surface area contributed by atoms with Crippen molar-refractivity contribution in [3.05, 3.63) is 54.1 Å². The molecule has 0 spiro atoms. The number of carbonyl (C=O) groups excluding carboxylic acids is 1. The summed E-state index contributed by atoms with van der Waals surface area (Å²) in [5.41, 5.74) is 3.39. The molecule has 1 saturated heterocycles. The molecule has 1 N–H and O–H groups in total. The molecule has 0 unspecified atom stereocenters. The van der Waals surface area contributed by atoms with Gasteiger partial charge in [0.1, 0.15) is 0 Å². The number of carbonyl (C=O) groups is 1. The molecule has 126 valence electrons. The van der Waals surface area contributed by atoms with Crippen molar-refractivity contribution in [2.45, 2.75) is 19.9 Å². The van der Waals surface area contributed by atoms with Gasteiger partial charge in [-0.15, -0.1) is 0 Å². The van der Waals surface area contributed by atoms with Crippen LogP contribution in [0.2, 0.25) is 0 Å². The summed E-state index contributed by atoms with van der Waals surface area (Å²) in [6.45, 7) is 5.88. The van der Waals surface area contributed by atoms with Gasteiger partial charge in [-0.05, 0) is 36.6 Å². The molecule has 3 rings (SSSR count). The van der Waals surface area contributed by atoms with Crippen LogP contribution in [-0.4, -0.2) is 47.1 Å². The second kappa shape index (κ2) is 7.77. The Morgan fingerprint density at radius 1 is 1.12 bits per heavy atom. The number of urea groups is 1. The van der Waals surface area contributed by atoms with E-state index in [1.54, 1.807) is 12.4 Å². The number of hydrogen-bond acceptors (Lipinski definition) is 4. The van der Waals surface area contributed by atoms with Gasteiger partial charge in [0.25, 0.3) is 0 Å². The normalized spacial score (nSPS) is 15.0. The van der Waals surface area contributed by atoms with E-state index < -0.39 is 0 Å². The van der Waals surface area contributed by atoms with Crippen LogP contribution < -0.4 is 10.2 Å². The van der Waals surface area contributed by atoms with Crippen molar-refractivity contribution < 1.29 is 4.79 Å². The van der Waals surface area contributed by atoms with Gasteiger partial charge in [-0.3, -0.25) is 9.97 Å². The van der Waals surface area contributed by atoms with Gasteiger partial charge in [0.2, 0.25) is 0 Å². The van der Waals surface area contributed by atoms with E-state index in [9.17, 15) is 4.79 Å². The first kappa shape index (κ1) is 16.2. The molecule has 0 radical (unpaired) electrons. The minimum Gasteiger partial charge on any atom is -0.369 e. The van der Waals surface area contributed by atoms with E-state index in [2.05, 4.69) is 27.1 Å². The summed E-state index contributed by atoms with van der Waals surface area (Å²) in [4.78, 5) is 24.9. The highest BCUT2D eigenvalue weighted by atomic mass is 16.2. The SMILES string of the molecule is Cc1cnccc1N1CCCN(C(=O)NCc2cccnc2)CC1. The van der Waals surface area contributed by atoms with Crippen LogP contribution in [0.4, 0.5) is 10.5 Å². The second-order valence-corrected chi connectivity index (χ2v) is 6.01. The average Bonchev–Trinajstić information content (AvgIpc) is 2.87. The molecule has 2 amide bonds. The third-order valence-corrected chi connectivity index (χ3v) is 4.28. The fourth-order valence-corrected chi connectivity index (χ4v) is 2.97. The number of hydrogen-bond donors (Lipinski definition) is 1. The molecule has 1 aliphatic heterocycles. The molecule has 0 saturated carbocycles. The number of nitrogens with zero attached hydrogens (tertiary/aromatic N) is 4. The van der Waals surface area contributed by atoms with Crippen LogP contribution in [0.15, 0.2) is 43.0 Å². The third kappa shape index (κ3) is 4.01. The first-order valence-corrected chi connectivity index (χ1v) is 8.31. The maximum atomic E-state index is 12.4. The van der Waals surface area contributed by atoms with Crippen LogP contribution in [0.1, 0.15) is 17.5 Å². The molecule has 0 atom stereocenters. The minimum absolute atomic E-state index is 0.00727. The van der Waals surface area contributed by atoms with Crippen molar-refractivity contribution in [2.75, 3.05) is 31.1 Å². The van der Waals surface area contributed by atoms with Gasteiger partial charge in [-0.25, -0.2) is 4.79 Å². The van der Waals surface area contributed by atoms with Crippen LogP contribution in [0.5, 0.6) is 0 Å². The summed E-state index contributed by atoms with van der Waals surface area (Å²) in [5.74, 6) is 0. The molecule has 3 heterocycles. The van der Waals surface area contributed by atoms with Crippen LogP contribution in [0.25, 0.3) is 0 Å². The highest BCUT2D eigenvalue weighted by Crippen LogP contribution is 2.19. The monoisotopic (exact) mass is 325 g/mol. The van der Waals surface area contributed by atoms with E-state index in [0.717, 1.165) is 38.2 Å². The van der Waals surface area contributed by atoms with Crippen LogP contribution in [0, 0.1) is 6.92 Å². The number of rotatable bonds is 3. The lowest BCUT2D eigenvalue weighted by Gasteiger charge is -2.25. The second-order valence-electron chi connectivity index (χ2n) is 6.01. The Kier molecular flexibility index (Phi) is 5.25. The Morgan fingerprint density at radius 2 is 2.00 bits per heavy atom. The van der Waals surface area contributed by atoms with E-state index in [4.69, 9.17) is 0 Å². The molecule has 0 aliphatic carbocycles. The number of amides is 2. The zero-order chi connectivity index (χ0) is 16.8. The van der Waals surface area contributed by atoms with Gasteiger partial charge < -0.3 is 15.1 Å². The van der Waals surface area contributed by atoms with Gasteiger partial charge in [-0.2, -0.15) is 0 Å². The number of aromatic nitrogens is 2. The standard InChI is InChI=1S/C18H23N5O/c1-15-12-20-7-5-17(15)22-8-3-9-23(11-10-22)18(24)21-14-16-4-2-6-19-13-16/h2,4-7,12-13H,3,8-11,14H2,1H3,(H,21,24). The largest absolute Gasteiger partial charge is 0.369 e. The van der Waals surface area contributed by atoms with Crippen molar-refractivity contribution in [1.29, 1.82) is 0 Å². The van der Waals surface area contributed by atoms with Gasteiger partial charge in [0, 0.05) is 63.2 Å². The molecule has 0 bridgehead atoms. The lowest BCUT2D eigenvalue weighted by Crippen LogP contribution is -2.41. The molecule has 6 heteroatoms. The predicted molar refractivity (Wildman–Crippen MR) is 93.8 cm³/mol.